The first kappa shape index (κ1) is 21.5. The molecule has 0 unspecified atom stereocenters. The summed E-state index contributed by atoms with van der Waals surface area (Å²) < 4.78 is 6.07. The zero-order valence-electron chi connectivity index (χ0n) is 17.7. The van der Waals surface area contributed by atoms with Gasteiger partial charge in [-0.1, -0.05) is 72.4 Å². The minimum Gasteiger partial charge on any atom is -0.431 e. The van der Waals surface area contributed by atoms with Gasteiger partial charge >= 0.3 is 0 Å². The van der Waals surface area contributed by atoms with Crippen molar-refractivity contribution in [2.45, 2.75) is 24.5 Å². The van der Waals surface area contributed by atoms with Crippen molar-refractivity contribution >= 4 is 39.9 Å². The maximum absolute atomic E-state index is 12.7. The van der Waals surface area contributed by atoms with E-state index < -0.39 is 5.91 Å². The van der Waals surface area contributed by atoms with Gasteiger partial charge in [-0.05, 0) is 24.8 Å². The van der Waals surface area contributed by atoms with Crippen LogP contribution in [0.2, 0.25) is 0 Å². The molecule has 0 saturated heterocycles. The van der Waals surface area contributed by atoms with Gasteiger partial charge in [0, 0.05) is 16.0 Å². The molecule has 1 aliphatic rings. The van der Waals surface area contributed by atoms with E-state index in [0.717, 1.165) is 46.5 Å². The monoisotopic (exact) mass is 475 g/mol. The summed E-state index contributed by atoms with van der Waals surface area (Å²) in [5.74, 6) is 0.0348. The third kappa shape index (κ3) is 4.44. The standard InChI is InChI=1S/C25H21N3O3S2/c26-23(30)20-17-12-7-13-18(17)33-24(20)27-19(29)14-32-25-28-21(15-8-3-1-4-9-15)22(31-25)16-10-5-2-6-11-16/h1-6,8-11H,7,12-14H2,(H2,26,30)(H,27,29). The molecule has 0 spiro atoms. The number of carbonyl (C=O) groups excluding carboxylic acids is 2. The Bertz CT molecular complexity index is 1260. The molecular formula is C25H21N3O3S2. The zero-order valence-corrected chi connectivity index (χ0v) is 19.3. The van der Waals surface area contributed by atoms with Crippen LogP contribution in [0, 0.1) is 0 Å². The summed E-state index contributed by atoms with van der Waals surface area (Å²) in [6, 6.07) is 19.6. The molecule has 0 saturated carbocycles. The first-order valence-corrected chi connectivity index (χ1v) is 12.4. The fraction of sp³-hybridized carbons (Fsp3) is 0.160. The number of aromatic nitrogens is 1. The number of anilines is 1. The van der Waals surface area contributed by atoms with Crippen LogP contribution in [0.4, 0.5) is 5.00 Å². The van der Waals surface area contributed by atoms with Crippen molar-refractivity contribution < 1.29 is 14.0 Å². The molecule has 2 heterocycles. The predicted octanol–water partition coefficient (Wildman–Crippen LogP) is 5.39. The van der Waals surface area contributed by atoms with E-state index in [9.17, 15) is 9.59 Å². The second kappa shape index (κ2) is 9.25. The van der Waals surface area contributed by atoms with Gasteiger partial charge in [0.1, 0.15) is 10.7 Å². The molecule has 0 radical (unpaired) electrons. The van der Waals surface area contributed by atoms with E-state index in [1.165, 1.54) is 23.1 Å². The summed E-state index contributed by atoms with van der Waals surface area (Å²) in [4.78, 5) is 30.4. The van der Waals surface area contributed by atoms with Crippen molar-refractivity contribution in [3.63, 3.8) is 0 Å². The van der Waals surface area contributed by atoms with Crippen molar-refractivity contribution in [2.75, 3.05) is 11.1 Å². The van der Waals surface area contributed by atoms with E-state index in [0.29, 0.717) is 21.5 Å². The van der Waals surface area contributed by atoms with Gasteiger partial charge < -0.3 is 15.5 Å². The van der Waals surface area contributed by atoms with Gasteiger partial charge in [-0.3, -0.25) is 9.59 Å². The maximum Gasteiger partial charge on any atom is 0.257 e. The topological polar surface area (TPSA) is 98.2 Å². The number of fused-ring (bicyclic) bond motifs is 1. The number of benzene rings is 2. The van der Waals surface area contributed by atoms with Crippen LogP contribution in [-0.2, 0) is 17.6 Å². The SMILES string of the molecule is NC(=O)c1c(NC(=O)CSc2nc(-c3ccccc3)c(-c3ccccc3)o2)sc2c1CCC2. The number of hydrogen-bond donors (Lipinski definition) is 2. The highest BCUT2D eigenvalue weighted by molar-refractivity contribution is 7.99. The van der Waals surface area contributed by atoms with Crippen LogP contribution in [0.1, 0.15) is 27.2 Å². The zero-order chi connectivity index (χ0) is 22.8. The summed E-state index contributed by atoms with van der Waals surface area (Å²) in [7, 11) is 0. The summed E-state index contributed by atoms with van der Waals surface area (Å²) >= 11 is 2.66. The number of nitrogens with two attached hydrogens (primary N) is 1. The van der Waals surface area contributed by atoms with Gasteiger partial charge in [0.15, 0.2) is 5.76 Å². The molecule has 3 N–H and O–H groups in total. The van der Waals surface area contributed by atoms with Crippen LogP contribution in [-0.4, -0.2) is 22.6 Å². The lowest BCUT2D eigenvalue weighted by molar-refractivity contribution is -0.113. The highest BCUT2D eigenvalue weighted by atomic mass is 32.2. The second-order valence-corrected chi connectivity index (χ2v) is 9.68. The Morgan fingerprint density at radius 1 is 1.03 bits per heavy atom. The molecule has 0 atom stereocenters. The summed E-state index contributed by atoms with van der Waals surface area (Å²) in [6.45, 7) is 0. The summed E-state index contributed by atoms with van der Waals surface area (Å²) in [5, 5.41) is 3.82. The minimum atomic E-state index is -0.495. The first-order chi connectivity index (χ1) is 16.1. The van der Waals surface area contributed by atoms with Gasteiger partial charge in [0.2, 0.25) is 5.91 Å². The third-order valence-electron chi connectivity index (χ3n) is 5.44. The van der Waals surface area contributed by atoms with Gasteiger partial charge in [-0.2, -0.15) is 0 Å². The number of aryl methyl sites for hydroxylation is 1. The molecule has 8 heteroatoms. The number of nitrogens with one attached hydrogen (secondary N) is 1. The number of oxazole rings is 1. The lowest BCUT2D eigenvalue weighted by atomic mass is 10.1. The number of amides is 2. The van der Waals surface area contributed by atoms with E-state index in [1.807, 2.05) is 60.7 Å². The number of rotatable bonds is 7. The molecule has 2 aromatic heterocycles. The van der Waals surface area contributed by atoms with E-state index in [-0.39, 0.29) is 11.7 Å². The third-order valence-corrected chi connectivity index (χ3v) is 7.47. The number of nitrogens with zero attached hydrogens (tertiary/aromatic N) is 1. The van der Waals surface area contributed by atoms with E-state index in [1.54, 1.807) is 0 Å². The Balaban J connectivity index is 1.35. The molecule has 1 aliphatic carbocycles. The van der Waals surface area contributed by atoms with Crippen LogP contribution in [0.3, 0.4) is 0 Å². The van der Waals surface area contributed by atoms with Crippen molar-refractivity contribution in [3.05, 3.63) is 76.7 Å². The average molecular weight is 476 g/mol. The molecule has 166 valence electrons. The Hall–Kier alpha value is -3.36. The van der Waals surface area contributed by atoms with Crippen molar-refractivity contribution in [3.8, 4) is 22.6 Å². The van der Waals surface area contributed by atoms with Gasteiger partial charge in [-0.15, -0.1) is 11.3 Å². The lowest BCUT2D eigenvalue weighted by Gasteiger charge is -2.05. The molecule has 6 nitrogen and oxygen atoms in total. The van der Waals surface area contributed by atoms with E-state index >= 15 is 0 Å². The van der Waals surface area contributed by atoms with Crippen molar-refractivity contribution in [1.82, 2.24) is 4.98 Å². The van der Waals surface area contributed by atoms with Gasteiger partial charge in [-0.25, -0.2) is 4.98 Å². The molecule has 2 aromatic carbocycles. The van der Waals surface area contributed by atoms with E-state index in [2.05, 4.69) is 10.3 Å². The normalized spacial score (nSPS) is 12.5. The van der Waals surface area contributed by atoms with Crippen molar-refractivity contribution in [2.24, 2.45) is 5.73 Å². The van der Waals surface area contributed by atoms with Crippen LogP contribution in [0.15, 0.2) is 70.3 Å². The van der Waals surface area contributed by atoms with Crippen LogP contribution in [0.25, 0.3) is 22.6 Å². The molecule has 4 aromatic rings. The maximum atomic E-state index is 12.7. The largest absolute Gasteiger partial charge is 0.431 e. The number of thiophene rings is 1. The molecule has 0 bridgehead atoms. The smallest absolute Gasteiger partial charge is 0.257 e. The summed E-state index contributed by atoms with van der Waals surface area (Å²) in [5.41, 5.74) is 9.62. The highest BCUT2D eigenvalue weighted by Gasteiger charge is 2.26. The number of hydrogen-bond acceptors (Lipinski definition) is 6. The Morgan fingerprint density at radius 2 is 1.73 bits per heavy atom. The first-order valence-electron chi connectivity index (χ1n) is 10.6. The van der Waals surface area contributed by atoms with Crippen LogP contribution < -0.4 is 11.1 Å². The average Bonchev–Trinajstić information content (AvgIpc) is 3.53. The number of carbonyl (C=O) groups is 2. The van der Waals surface area contributed by atoms with Crippen LogP contribution >= 0.6 is 23.1 Å². The Kier molecular flexibility index (Phi) is 6.02. The lowest BCUT2D eigenvalue weighted by Crippen LogP contribution is -2.18. The molecular weight excluding hydrogens is 454 g/mol. The molecule has 5 rings (SSSR count). The molecule has 0 fully saturated rings. The fourth-order valence-electron chi connectivity index (χ4n) is 3.98. The van der Waals surface area contributed by atoms with Gasteiger partial charge in [0.25, 0.3) is 11.1 Å². The van der Waals surface area contributed by atoms with Crippen molar-refractivity contribution in [1.29, 1.82) is 0 Å². The minimum absolute atomic E-state index is 0.101. The molecule has 33 heavy (non-hydrogen) atoms. The molecule has 0 aliphatic heterocycles. The Labute approximate surface area is 199 Å². The number of thioether (sulfide) groups is 1. The van der Waals surface area contributed by atoms with Crippen LogP contribution in [0.5, 0.6) is 0 Å². The number of primary amides is 1. The van der Waals surface area contributed by atoms with E-state index in [4.69, 9.17) is 10.2 Å². The fourth-order valence-corrected chi connectivity index (χ4v) is 5.92. The van der Waals surface area contributed by atoms with Gasteiger partial charge in [0.05, 0.1) is 11.3 Å². The summed E-state index contributed by atoms with van der Waals surface area (Å²) in [6.07, 6.45) is 2.77. The molecule has 2 amide bonds. The second-order valence-electron chi connectivity index (χ2n) is 7.65. The Morgan fingerprint density at radius 3 is 2.42 bits per heavy atom. The quantitative estimate of drug-likeness (QED) is 0.349. The predicted molar refractivity (Wildman–Crippen MR) is 132 cm³/mol. The highest BCUT2D eigenvalue weighted by Crippen LogP contribution is 2.39.